The molecule has 0 bridgehead atoms. The van der Waals surface area contributed by atoms with E-state index >= 15 is 0 Å². The molecule has 2 aromatic rings. The molecule has 2 aliphatic heterocycles. The second-order valence-corrected chi connectivity index (χ2v) is 6.56. The van der Waals surface area contributed by atoms with Crippen molar-refractivity contribution in [3.8, 4) is 23.8 Å². The Labute approximate surface area is 143 Å². The van der Waals surface area contributed by atoms with Gasteiger partial charge in [-0.1, -0.05) is 42.3 Å². The number of piperidine rings is 1. The van der Waals surface area contributed by atoms with E-state index in [9.17, 15) is 0 Å². The van der Waals surface area contributed by atoms with Crippen LogP contribution in [0.2, 0.25) is 0 Å². The smallest absolute Gasteiger partial charge is 0.132 e. The van der Waals surface area contributed by atoms with Gasteiger partial charge in [-0.05, 0) is 31.5 Å². The summed E-state index contributed by atoms with van der Waals surface area (Å²) in [5.74, 6) is 4.67. The Hall–Kier alpha value is -2.28. The first-order valence-corrected chi connectivity index (χ1v) is 8.63. The quantitative estimate of drug-likeness (QED) is 0.876. The average Bonchev–Trinajstić information content (AvgIpc) is 2.62. The minimum Gasteiger partial charge on any atom is -0.457 e. The van der Waals surface area contributed by atoms with Crippen molar-refractivity contribution in [3.05, 3.63) is 59.7 Å². The summed E-state index contributed by atoms with van der Waals surface area (Å²) in [5, 5.41) is 3.87. The van der Waals surface area contributed by atoms with E-state index in [0.29, 0.717) is 6.04 Å². The highest BCUT2D eigenvalue weighted by atomic mass is 16.5. The highest BCUT2D eigenvalue weighted by molar-refractivity contribution is 5.52. The topological polar surface area (TPSA) is 24.5 Å². The molecule has 2 aliphatic rings. The van der Waals surface area contributed by atoms with Crippen molar-refractivity contribution in [1.82, 2.24) is 10.2 Å². The van der Waals surface area contributed by atoms with Gasteiger partial charge in [-0.2, -0.15) is 0 Å². The van der Waals surface area contributed by atoms with Crippen LogP contribution >= 0.6 is 0 Å². The molecule has 1 unspecified atom stereocenters. The van der Waals surface area contributed by atoms with E-state index in [4.69, 9.17) is 11.2 Å². The van der Waals surface area contributed by atoms with Gasteiger partial charge in [-0.25, -0.2) is 0 Å². The molecule has 2 aromatic carbocycles. The van der Waals surface area contributed by atoms with Crippen molar-refractivity contribution in [2.75, 3.05) is 19.6 Å². The molecule has 1 atom stereocenters. The van der Waals surface area contributed by atoms with Gasteiger partial charge in [0.15, 0.2) is 0 Å². The summed E-state index contributed by atoms with van der Waals surface area (Å²) in [6.45, 7) is 2.84. The van der Waals surface area contributed by atoms with Gasteiger partial charge >= 0.3 is 0 Å². The summed E-state index contributed by atoms with van der Waals surface area (Å²) in [6, 6.07) is 17.2. The summed E-state index contributed by atoms with van der Waals surface area (Å²) >= 11 is 0. The van der Waals surface area contributed by atoms with E-state index < -0.39 is 0 Å². The van der Waals surface area contributed by atoms with Crippen molar-refractivity contribution in [2.24, 2.45) is 0 Å². The van der Waals surface area contributed by atoms with Gasteiger partial charge in [0.25, 0.3) is 0 Å². The molecule has 2 heterocycles. The summed E-state index contributed by atoms with van der Waals surface area (Å²) in [6.07, 6.45) is 7.86. The van der Waals surface area contributed by atoms with Crippen LogP contribution in [-0.4, -0.2) is 30.6 Å². The van der Waals surface area contributed by atoms with Crippen molar-refractivity contribution < 1.29 is 4.74 Å². The third-order valence-corrected chi connectivity index (χ3v) is 4.90. The molecule has 24 heavy (non-hydrogen) atoms. The molecule has 0 aromatic heterocycles. The van der Waals surface area contributed by atoms with Crippen LogP contribution in [0.15, 0.2) is 48.5 Å². The van der Waals surface area contributed by atoms with E-state index in [1.807, 2.05) is 24.3 Å². The Kier molecular flexibility index (Phi) is 4.25. The van der Waals surface area contributed by atoms with Crippen LogP contribution < -0.4 is 10.1 Å². The second-order valence-electron chi connectivity index (χ2n) is 6.56. The number of ether oxygens (including phenoxy) is 1. The summed E-state index contributed by atoms with van der Waals surface area (Å²) < 4.78 is 6.08. The molecule has 122 valence electrons. The number of hydrogen-bond donors (Lipinski definition) is 1. The molecule has 3 heteroatoms. The van der Waals surface area contributed by atoms with E-state index in [1.165, 1.54) is 24.0 Å². The lowest BCUT2D eigenvalue weighted by atomic mass is 9.93. The van der Waals surface area contributed by atoms with Gasteiger partial charge in [0.1, 0.15) is 11.5 Å². The van der Waals surface area contributed by atoms with Gasteiger partial charge in [0, 0.05) is 23.7 Å². The third-order valence-electron chi connectivity index (χ3n) is 4.90. The molecular weight excluding hydrogens is 296 g/mol. The highest BCUT2D eigenvalue weighted by Gasteiger charge is 2.30. The molecule has 1 fully saturated rings. The van der Waals surface area contributed by atoms with Gasteiger partial charge in [-0.3, -0.25) is 4.90 Å². The first-order chi connectivity index (χ1) is 11.8. The maximum atomic E-state index is 6.08. The Morgan fingerprint density at radius 1 is 1.08 bits per heavy atom. The Morgan fingerprint density at radius 2 is 1.75 bits per heavy atom. The molecule has 0 amide bonds. The van der Waals surface area contributed by atoms with Crippen molar-refractivity contribution >= 4 is 0 Å². The van der Waals surface area contributed by atoms with Crippen LogP contribution in [0.4, 0.5) is 0 Å². The molecule has 1 N–H and O–H groups in total. The largest absolute Gasteiger partial charge is 0.457 e. The number of nitrogens with one attached hydrogen (secondary N) is 1. The lowest BCUT2D eigenvalue weighted by molar-refractivity contribution is 0.203. The maximum absolute atomic E-state index is 6.08. The standard InChI is InChI=1S/C21H22N2O/c1-2-13-23-14-7-8-16(15-23)22-21-17-9-3-5-11-19(17)24-20-12-6-4-10-18(20)21/h1,3-6,9-12,16,21-22H,7-8,13-15H2. The molecule has 0 saturated carbocycles. The van der Waals surface area contributed by atoms with E-state index in [2.05, 4.69) is 40.4 Å². The summed E-state index contributed by atoms with van der Waals surface area (Å²) in [4.78, 5) is 2.36. The number of rotatable bonds is 3. The van der Waals surface area contributed by atoms with Gasteiger partial charge in [-0.15, -0.1) is 6.42 Å². The molecule has 0 spiro atoms. The fourth-order valence-corrected chi connectivity index (χ4v) is 3.79. The van der Waals surface area contributed by atoms with Crippen LogP contribution in [0.5, 0.6) is 11.5 Å². The number of terminal acetylenes is 1. The lowest BCUT2D eigenvalue weighted by Gasteiger charge is -2.36. The second kappa shape index (κ2) is 6.68. The SMILES string of the molecule is C#CCN1CCCC(NC2c3ccccc3Oc3ccccc32)C1. The zero-order valence-corrected chi connectivity index (χ0v) is 13.7. The summed E-state index contributed by atoms with van der Waals surface area (Å²) in [5.41, 5.74) is 2.43. The third kappa shape index (κ3) is 2.91. The first kappa shape index (κ1) is 15.3. The number of benzene rings is 2. The lowest BCUT2D eigenvalue weighted by Crippen LogP contribution is -2.47. The van der Waals surface area contributed by atoms with E-state index in [-0.39, 0.29) is 6.04 Å². The molecule has 1 saturated heterocycles. The highest BCUT2D eigenvalue weighted by Crippen LogP contribution is 2.42. The number of likely N-dealkylation sites (tertiary alicyclic amines) is 1. The Morgan fingerprint density at radius 3 is 2.42 bits per heavy atom. The van der Waals surface area contributed by atoms with Crippen molar-refractivity contribution in [2.45, 2.75) is 24.9 Å². The predicted octanol–water partition coefficient (Wildman–Crippen LogP) is 3.57. The molecule has 0 radical (unpaired) electrons. The Balaban J connectivity index is 1.62. The predicted molar refractivity (Wildman–Crippen MR) is 96.2 cm³/mol. The minimum atomic E-state index is 0.168. The molecule has 0 aliphatic carbocycles. The zero-order chi connectivity index (χ0) is 16.4. The summed E-state index contributed by atoms with van der Waals surface area (Å²) in [7, 11) is 0. The van der Waals surface area contributed by atoms with Crippen LogP contribution in [-0.2, 0) is 0 Å². The number of nitrogens with zero attached hydrogens (tertiary/aromatic N) is 1. The van der Waals surface area contributed by atoms with E-state index in [1.54, 1.807) is 0 Å². The zero-order valence-electron chi connectivity index (χ0n) is 13.7. The van der Waals surface area contributed by atoms with Gasteiger partial charge in [0.05, 0.1) is 12.6 Å². The van der Waals surface area contributed by atoms with Crippen LogP contribution in [0.1, 0.15) is 30.0 Å². The molecule has 3 nitrogen and oxygen atoms in total. The fraction of sp³-hybridized carbons (Fsp3) is 0.333. The number of hydrogen-bond acceptors (Lipinski definition) is 3. The van der Waals surface area contributed by atoms with Crippen LogP contribution in [0.3, 0.4) is 0 Å². The van der Waals surface area contributed by atoms with Gasteiger partial charge in [0.2, 0.25) is 0 Å². The Bertz CT molecular complexity index is 719. The first-order valence-electron chi connectivity index (χ1n) is 8.63. The molecule has 4 rings (SSSR count). The average molecular weight is 318 g/mol. The van der Waals surface area contributed by atoms with E-state index in [0.717, 1.165) is 31.1 Å². The normalized spacial score (nSPS) is 20.5. The van der Waals surface area contributed by atoms with Crippen molar-refractivity contribution in [1.29, 1.82) is 0 Å². The monoisotopic (exact) mass is 318 g/mol. The van der Waals surface area contributed by atoms with Crippen molar-refractivity contribution in [3.63, 3.8) is 0 Å². The van der Waals surface area contributed by atoms with Crippen LogP contribution in [0.25, 0.3) is 0 Å². The van der Waals surface area contributed by atoms with Gasteiger partial charge < -0.3 is 10.1 Å². The maximum Gasteiger partial charge on any atom is 0.132 e. The number of fused-ring (bicyclic) bond motifs is 2. The minimum absolute atomic E-state index is 0.168. The van der Waals surface area contributed by atoms with Crippen LogP contribution in [0, 0.1) is 12.3 Å². The number of para-hydroxylation sites is 2. The fourth-order valence-electron chi connectivity index (χ4n) is 3.79. The molecular formula is C21H22N2O.